The molecule has 0 bridgehead atoms. The summed E-state index contributed by atoms with van der Waals surface area (Å²) in [5.41, 5.74) is 0.349. The first-order valence-corrected chi connectivity index (χ1v) is 17.2. The summed E-state index contributed by atoms with van der Waals surface area (Å²) in [6.45, 7) is 5.66. The number of hydrogen-bond donors (Lipinski definition) is 2. The van der Waals surface area contributed by atoms with Crippen molar-refractivity contribution in [2.75, 3.05) is 44.3 Å². The summed E-state index contributed by atoms with van der Waals surface area (Å²) < 4.78 is 67.7. The molecule has 3 rings (SSSR count). The summed E-state index contributed by atoms with van der Waals surface area (Å²) in [5, 5.41) is 9.99. The van der Waals surface area contributed by atoms with Crippen molar-refractivity contribution in [3.05, 3.63) is 36.3 Å². The molecule has 0 radical (unpaired) electrons. The van der Waals surface area contributed by atoms with Gasteiger partial charge < -0.3 is 24.0 Å². The molecule has 1 aliphatic heterocycles. The molecular weight excluding hydrogens is 586 g/mol. The number of aryl methyl sites for hydroxylation is 1. The predicted octanol–water partition coefficient (Wildman–Crippen LogP) is 1.91. The van der Waals surface area contributed by atoms with Crippen molar-refractivity contribution in [1.29, 1.82) is 0 Å². The monoisotopic (exact) mass is 629 g/mol. The van der Waals surface area contributed by atoms with E-state index in [1.54, 1.807) is 24.6 Å². The number of hydrogen-bond acceptors (Lipinski definition) is 9. The molecule has 4 atom stereocenters. The van der Waals surface area contributed by atoms with Crippen LogP contribution in [0.2, 0.25) is 0 Å². The van der Waals surface area contributed by atoms with Gasteiger partial charge in [0, 0.05) is 51.6 Å². The van der Waals surface area contributed by atoms with Crippen LogP contribution in [-0.4, -0.2) is 104 Å². The van der Waals surface area contributed by atoms with Crippen molar-refractivity contribution in [3.63, 3.8) is 0 Å². The molecule has 0 saturated heterocycles. The van der Waals surface area contributed by atoms with Crippen LogP contribution in [-0.2, 0) is 31.8 Å². The molecule has 0 fully saturated rings. The second-order valence-electron chi connectivity index (χ2n) is 11.0. The summed E-state index contributed by atoms with van der Waals surface area (Å²) in [6, 6.07) is 3.92. The van der Waals surface area contributed by atoms with Crippen LogP contribution in [0.4, 0.5) is 5.69 Å². The Hall–Kier alpha value is -2.72. The first kappa shape index (κ1) is 33.8. The maximum absolute atomic E-state index is 14.1. The van der Waals surface area contributed by atoms with Gasteiger partial charge in [-0.15, -0.1) is 0 Å². The summed E-state index contributed by atoms with van der Waals surface area (Å²) in [7, 11) is -4.34. The molecule has 42 heavy (non-hydrogen) atoms. The van der Waals surface area contributed by atoms with Crippen LogP contribution in [0, 0.1) is 5.92 Å². The van der Waals surface area contributed by atoms with E-state index in [1.165, 1.54) is 40.9 Å². The Morgan fingerprint density at radius 1 is 1.21 bits per heavy atom. The van der Waals surface area contributed by atoms with Gasteiger partial charge in [-0.1, -0.05) is 6.92 Å². The fourth-order valence-electron chi connectivity index (χ4n) is 4.70. The molecule has 1 amide bonds. The van der Waals surface area contributed by atoms with Crippen molar-refractivity contribution in [1.82, 2.24) is 18.8 Å². The van der Waals surface area contributed by atoms with Crippen LogP contribution in [0.5, 0.6) is 5.75 Å². The number of nitrogens with one attached hydrogen (secondary N) is 1. The second kappa shape index (κ2) is 14.2. The van der Waals surface area contributed by atoms with E-state index < -0.39 is 38.1 Å². The normalized spacial score (nSPS) is 22.2. The van der Waals surface area contributed by atoms with Crippen LogP contribution in [0.25, 0.3) is 0 Å². The Bertz CT molecular complexity index is 1430. The van der Waals surface area contributed by atoms with E-state index in [1.807, 2.05) is 13.8 Å². The summed E-state index contributed by atoms with van der Waals surface area (Å²) in [6.07, 6.45) is 5.20. The number of carbonyl (C=O) groups is 1. The quantitative estimate of drug-likeness (QED) is 0.445. The fourth-order valence-corrected chi connectivity index (χ4v) is 6.39. The van der Waals surface area contributed by atoms with E-state index in [9.17, 15) is 26.7 Å². The van der Waals surface area contributed by atoms with Gasteiger partial charge in [-0.25, -0.2) is 21.8 Å². The minimum atomic E-state index is -3.89. The van der Waals surface area contributed by atoms with E-state index in [0.717, 1.165) is 12.7 Å². The number of benzene rings is 1. The Morgan fingerprint density at radius 3 is 2.55 bits per heavy atom. The molecule has 15 heteroatoms. The largest absolute Gasteiger partial charge is 0.490 e. The molecule has 13 nitrogen and oxygen atoms in total. The number of fused-ring (bicyclic) bond motifs is 1. The van der Waals surface area contributed by atoms with Gasteiger partial charge in [-0.3, -0.25) is 9.52 Å². The molecule has 2 heterocycles. The third kappa shape index (κ3) is 8.89. The highest BCUT2D eigenvalue weighted by atomic mass is 32.2. The molecule has 236 valence electrons. The van der Waals surface area contributed by atoms with Crippen LogP contribution >= 0.6 is 0 Å². The summed E-state index contributed by atoms with van der Waals surface area (Å²) in [4.78, 5) is 19.5. The predicted molar refractivity (Wildman–Crippen MR) is 158 cm³/mol. The average Bonchev–Trinajstić information content (AvgIpc) is 3.36. The lowest BCUT2D eigenvalue weighted by atomic mass is 10.0. The van der Waals surface area contributed by atoms with Gasteiger partial charge in [0.05, 0.1) is 43.0 Å². The molecule has 1 aromatic carbocycles. The Kier molecular flexibility index (Phi) is 11.4. The molecule has 2 aromatic rings. The van der Waals surface area contributed by atoms with E-state index in [4.69, 9.17) is 9.47 Å². The summed E-state index contributed by atoms with van der Waals surface area (Å²) >= 11 is 0. The van der Waals surface area contributed by atoms with E-state index in [2.05, 4.69) is 9.71 Å². The first-order valence-electron chi connectivity index (χ1n) is 13.9. The topological polar surface area (TPSA) is 160 Å². The molecule has 0 unspecified atom stereocenters. The van der Waals surface area contributed by atoms with Crippen LogP contribution < -0.4 is 9.46 Å². The smallest absolute Gasteiger partial charge is 0.261 e. The number of imidazole rings is 1. The average molecular weight is 630 g/mol. The first-order chi connectivity index (χ1) is 19.6. The summed E-state index contributed by atoms with van der Waals surface area (Å²) in [5.74, 6) is -0.513. The van der Waals surface area contributed by atoms with Crippen LogP contribution in [0.1, 0.15) is 50.4 Å². The molecule has 0 aliphatic carbocycles. The second-order valence-corrected chi connectivity index (χ2v) is 14.8. The number of anilines is 1. The Labute approximate surface area is 248 Å². The Morgan fingerprint density at radius 2 is 1.93 bits per heavy atom. The number of aromatic nitrogens is 2. The van der Waals surface area contributed by atoms with Gasteiger partial charge in [0.15, 0.2) is 5.03 Å². The highest BCUT2D eigenvalue weighted by Crippen LogP contribution is 2.29. The van der Waals surface area contributed by atoms with Gasteiger partial charge >= 0.3 is 0 Å². The highest BCUT2D eigenvalue weighted by Gasteiger charge is 2.33. The molecule has 2 N–H and O–H groups in total. The highest BCUT2D eigenvalue weighted by molar-refractivity contribution is 7.92. The van der Waals surface area contributed by atoms with Crippen LogP contribution in [0.15, 0.2) is 35.7 Å². The van der Waals surface area contributed by atoms with Crippen molar-refractivity contribution < 1.29 is 36.2 Å². The molecule has 1 aromatic heterocycles. The number of sulfonamides is 2. The van der Waals surface area contributed by atoms with E-state index in [-0.39, 0.29) is 48.0 Å². The molecular formula is C27H43N5O8S2. The number of aliphatic hydroxyl groups is 1. The van der Waals surface area contributed by atoms with Gasteiger partial charge in [0.1, 0.15) is 5.75 Å². The number of amides is 1. The number of aliphatic hydroxyl groups excluding tert-OH is 1. The lowest BCUT2D eigenvalue weighted by Gasteiger charge is -2.35. The number of likely N-dealkylation sites (N-methyl/N-ethyl adjacent to an activating group) is 1. The zero-order valence-corrected chi connectivity index (χ0v) is 26.7. The number of rotatable bonds is 8. The maximum Gasteiger partial charge on any atom is 0.261 e. The molecule has 0 spiro atoms. The zero-order valence-electron chi connectivity index (χ0n) is 25.1. The van der Waals surface area contributed by atoms with Crippen molar-refractivity contribution in [2.45, 2.75) is 63.3 Å². The van der Waals surface area contributed by atoms with Gasteiger partial charge in [0.2, 0.25) is 10.0 Å². The fraction of sp³-hybridized carbons (Fsp3) is 0.630. The van der Waals surface area contributed by atoms with Gasteiger partial charge in [-0.05, 0) is 51.3 Å². The standard InChI is InChI=1S/C27H43N5O8S2/c1-19-14-32(20(2)17-33)27(34)23-13-22(29-41(6,35)36)10-11-24(23)40-21(3)9-7-8-12-39-25(19)15-31(5)42(37,38)26-16-30(4)18-28-26/h10-11,13,16,18-21,25,29,33H,7-9,12,14-15,17H2,1-6H3/t19-,20+,21+,25-/m1/s1. The lowest BCUT2D eigenvalue weighted by Crippen LogP contribution is -2.48. The minimum absolute atomic E-state index is 0.0220. The van der Waals surface area contributed by atoms with Crippen molar-refractivity contribution >= 4 is 31.6 Å². The third-order valence-electron chi connectivity index (χ3n) is 7.15. The third-order valence-corrected chi connectivity index (χ3v) is 9.46. The zero-order chi connectivity index (χ0) is 31.2. The maximum atomic E-state index is 14.1. The minimum Gasteiger partial charge on any atom is -0.490 e. The van der Waals surface area contributed by atoms with Gasteiger partial charge in [0.25, 0.3) is 15.9 Å². The van der Waals surface area contributed by atoms with Gasteiger partial charge in [-0.2, -0.15) is 4.31 Å². The van der Waals surface area contributed by atoms with Crippen molar-refractivity contribution in [2.24, 2.45) is 13.0 Å². The number of nitrogens with zero attached hydrogens (tertiary/aromatic N) is 4. The Balaban J connectivity index is 1.98. The van der Waals surface area contributed by atoms with E-state index >= 15 is 0 Å². The molecule has 0 saturated carbocycles. The number of ether oxygens (including phenoxy) is 2. The molecule has 1 aliphatic rings. The SMILES string of the molecule is C[C@@H]1CN([C@@H](C)CO)C(=O)c2cc(NS(C)(=O)=O)ccc2O[C@@H](C)CCCCO[C@@H]1CN(C)S(=O)(=O)c1cn(C)cn1. The van der Waals surface area contributed by atoms with E-state index in [0.29, 0.717) is 25.2 Å². The van der Waals surface area contributed by atoms with Crippen LogP contribution in [0.3, 0.4) is 0 Å². The number of carbonyl (C=O) groups excluding carboxylic acids is 1. The van der Waals surface area contributed by atoms with Crippen molar-refractivity contribution in [3.8, 4) is 5.75 Å². The lowest BCUT2D eigenvalue weighted by molar-refractivity contribution is -0.00835.